The predicted octanol–water partition coefficient (Wildman–Crippen LogP) is 4.20. The van der Waals surface area contributed by atoms with Crippen LogP contribution in [0.15, 0.2) is 78.9 Å². The third-order valence-corrected chi connectivity index (χ3v) is 10.4. The van der Waals surface area contributed by atoms with Gasteiger partial charge in [0.1, 0.15) is 5.75 Å². The molecule has 0 aromatic heterocycles. The molecule has 0 atom stereocenters. The molecule has 0 N–H and O–H groups in total. The van der Waals surface area contributed by atoms with Gasteiger partial charge in [-0.2, -0.15) is 0 Å². The van der Waals surface area contributed by atoms with Gasteiger partial charge in [-0.15, -0.1) is 0 Å². The summed E-state index contributed by atoms with van der Waals surface area (Å²) in [5.74, 6) is -0.686. The normalized spacial score (nSPS) is 11.5. The number of rotatable bonds is 6. The number of hydrogen-bond acceptors (Lipinski definition) is 5. The summed E-state index contributed by atoms with van der Waals surface area (Å²) in [6, 6.07) is 25.0. The zero-order valence-electron chi connectivity index (χ0n) is 19.0. The zero-order chi connectivity index (χ0) is 23.4. The Morgan fingerprint density at radius 1 is 0.688 bits per heavy atom. The fourth-order valence-electron chi connectivity index (χ4n) is 3.96. The molecule has 3 rings (SSSR count). The van der Waals surface area contributed by atoms with Crippen molar-refractivity contribution < 1.29 is 23.5 Å². The fraction of sp³-hybridized carbons (Fsp3) is 0.231. The molecule has 0 aliphatic carbocycles. The van der Waals surface area contributed by atoms with Gasteiger partial charge in [0.15, 0.2) is 0 Å². The largest absolute Gasteiger partial charge is 0.534 e. The van der Waals surface area contributed by atoms with Crippen LogP contribution in [0.5, 0.6) is 5.75 Å². The Hall–Kier alpha value is -3.38. The van der Waals surface area contributed by atoms with E-state index in [0.29, 0.717) is 5.75 Å². The van der Waals surface area contributed by atoms with Crippen molar-refractivity contribution in [3.8, 4) is 5.75 Å². The van der Waals surface area contributed by atoms with E-state index in [4.69, 9.17) is 13.9 Å². The summed E-state index contributed by atoms with van der Waals surface area (Å²) in [4.78, 5) is 24.6. The Balaban J connectivity index is 2.28. The smallest absolute Gasteiger partial charge is 0.338 e. The quantitative estimate of drug-likeness (QED) is 0.418. The van der Waals surface area contributed by atoms with Crippen LogP contribution in [0.2, 0.25) is 5.04 Å². The lowest BCUT2D eigenvalue weighted by molar-refractivity contribution is 0.0598. The van der Waals surface area contributed by atoms with Crippen LogP contribution in [0, 0.1) is 0 Å². The highest BCUT2D eigenvalue weighted by molar-refractivity contribution is 7.00. The number of benzene rings is 3. The third kappa shape index (κ3) is 4.45. The molecule has 0 bridgehead atoms. The molecule has 32 heavy (non-hydrogen) atoms. The van der Waals surface area contributed by atoms with E-state index in [1.807, 2.05) is 36.4 Å². The van der Waals surface area contributed by atoms with Crippen molar-refractivity contribution in [3.05, 3.63) is 90.0 Å². The van der Waals surface area contributed by atoms with Crippen LogP contribution in [-0.4, -0.2) is 34.5 Å². The van der Waals surface area contributed by atoms with Crippen LogP contribution in [0.25, 0.3) is 0 Å². The maximum Gasteiger partial charge on any atom is 0.338 e. The minimum atomic E-state index is -2.93. The lowest BCUT2D eigenvalue weighted by Crippen LogP contribution is -2.68. The Morgan fingerprint density at radius 2 is 1.09 bits per heavy atom. The van der Waals surface area contributed by atoms with E-state index in [2.05, 4.69) is 45.0 Å². The molecule has 0 aliphatic rings. The second-order valence-electron chi connectivity index (χ2n) is 8.49. The van der Waals surface area contributed by atoms with Gasteiger partial charge in [0.25, 0.3) is 0 Å². The molecular formula is C26H28O5Si. The highest BCUT2D eigenvalue weighted by Gasteiger charge is 2.52. The first-order chi connectivity index (χ1) is 15.2. The van der Waals surface area contributed by atoms with Crippen molar-refractivity contribution in [1.82, 2.24) is 0 Å². The maximum absolute atomic E-state index is 12.3. The molecule has 0 heterocycles. The Morgan fingerprint density at radius 3 is 1.44 bits per heavy atom. The third-order valence-electron chi connectivity index (χ3n) is 5.44. The van der Waals surface area contributed by atoms with Gasteiger partial charge in [0, 0.05) is 0 Å². The highest BCUT2D eigenvalue weighted by atomic mass is 28.4. The van der Waals surface area contributed by atoms with Gasteiger partial charge in [-0.1, -0.05) is 81.4 Å². The van der Waals surface area contributed by atoms with Crippen LogP contribution in [0.1, 0.15) is 41.5 Å². The van der Waals surface area contributed by atoms with Crippen LogP contribution < -0.4 is 14.8 Å². The molecule has 3 aromatic rings. The summed E-state index contributed by atoms with van der Waals surface area (Å²) in [7, 11) is -0.327. The van der Waals surface area contributed by atoms with Crippen molar-refractivity contribution in [3.63, 3.8) is 0 Å². The number of carbonyl (C=O) groups is 2. The molecule has 0 spiro atoms. The predicted molar refractivity (Wildman–Crippen MR) is 127 cm³/mol. The number of esters is 2. The molecule has 0 radical (unpaired) electrons. The van der Waals surface area contributed by atoms with Crippen molar-refractivity contribution in [1.29, 1.82) is 0 Å². The van der Waals surface area contributed by atoms with Crippen LogP contribution >= 0.6 is 0 Å². The molecule has 0 saturated carbocycles. The van der Waals surface area contributed by atoms with Gasteiger partial charge in [-0.25, -0.2) is 9.59 Å². The van der Waals surface area contributed by atoms with E-state index in [0.717, 1.165) is 10.4 Å². The first-order valence-corrected chi connectivity index (χ1v) is 12.3. The van der Waals surface area contributed by atoms with E-state index in [1.165, 1.54) is 20.3 Å². The summed E-state index contributed by atoms with van der Waals surface area (Å²) in [5, 5.41) is 1.89. The second-order valence-corrected chi connectivity index (χ2v) is 12.7. The summed E-state index contributed by atoms with van der Waals surface area (Å²) in [6.45, 7) is 6.47. The van der Waals surface area contributed by atoms with Crippen molar-refractivity contribution in [2.24, 2.45) is 0 Å². The number of ether oxygens (including phenoxy) is 2. The fourth-order valence-corrected chi connectivity index (χ4v) is 8.36. The molecule has 0 unspecified atom stereocenters. The Bertz CT molecular complexity index is 1010. The first kappa shape index (κ1) is 23.3. The van der Waals surface area contributed by atoms with Gasteiger partial charge >= 0.3 is 20.3 Å². The van der Waals surface area contributed by atoms with Crippen LogP contribution in [0.3, 0.4) is 0 Å². The van der Waals surface area contributed by atoms with E-state index >= 15 is 0 Å². The number of carbonyl (C=O) groups excluding carboxylic acids is 2. The van der Waals surface area contributed by atoms with Crippen molar-refractivity contribution in [2.75, 3.05) is 14.2 Å². The lowest BCUT2D eigenvalue weighted by Gasteiger charge is -2.43. The highest BCUT2D eigenvalue weighted by Crippen LogP contribution is 2.38. The SMILES string of the molecule is COC(=O)c1cc(O[Si](c2ccccc2)(c2ccccc2)C(C)(C)C)cc(C(=O)OC)c1. The number of hydrogen-bond donors (Lipinski definition) is 0. The Labute approximate surface area is 190 Å². The molecule has 3 aromatic carbocycles. The molecule has 166 valence electrons. The van der Waals surface area contributed by atoms with E-state index in [9.17, 15) is 9.59 Å². The maximum atomic E-state index is 12.3. The van der Waals surface area contributed by atoms with Crippen LogP contribution in [-0.2, 0) is 9.47 Å². The average molecular weight is 449 g/mol. The molecule has 0 saturated heterocycles. The molecule has 5 nitrogen and oxygen atoms in total. The lowest BCUT2D eigenvalue weighted by atomic mass is 10.1. The standard InChI is InChI=1S/C26H28O5Si/c1-26(2,3)32(22-12-8-6-9-13-22,23-14-10-7-11-15-23)31-21-17-19(24(27)29-4)16-20(18-21)25(28)30-5/h6-18H,1-5H3. The first-order valence-electron chi connectivity index (χ1n) is 10.3. The average Bonchev–Trinajstić information content (AvgIpc) is 2.81. The van der Waals surface area contributed by atoms with Crippen molar-refractivity contribution >= 4 is 30.6 Å². The molecule has 6 heteroatoms. The van der Waals surface area contributed by atoms with Gasteiger partial charge < -0.3 is 13.9 Å². The summed E-state index contributed by atoms with van der Waals surface area (Å²) < 4.78 is 16.7. The van der Waals surface area contributed by atoms with E-state index < -0.39 is 20.3 Å². The zero-order valence-corrected chi connectivity index (χ0v) is 20.0. The number of methoxy groups -OCH3 is 2. The van der Waals surface area contributed by atoms with Crippen molar-refractivity contribution in [2.45, 2.75) is 25.8 Å². The minimum Gasteiger partial charge on any atom is -0.534 e. The molecule has 0 aliphatic heterocycles. The van der Waals surface area contributed by atoms with Crippen LogP contribution in [0.4, 0.5) is 0 Å². The molecule has 0 amide bonds. The topological polar surface area (TPSA) is 61.8 Å². The summed E-state index contributed by atoms with van der Waals surface area (Å²) in [5.41, 5.74) is 0.451. The van der Waals surface area contributed by atoms with Gasteiger partial charge in [0.05, 0.1) is 25.3 Å². The summed E-state index contributed by atoms with van der Waals surface area (Å²) >= 11 is 0. The summed E-state index contributed by atoms with van der Waals surface area (Å²) in [6.07, 6.45) is 0. The van der Waals surface area contributed by atoms with E-state index in [-0.39, 0.29) is 16.2 Å². The second kappa shape index (κ2) is 9.40. The Kier molecular flexibility index (Phi) is 6.84. The monoisotopic (exact) mass is 448 g/mol. The minimum absolute atomic E-state index is 0.225. The van der Waals surface area contributed by atoms with E-state index in [1.54, 1.807) is 12.1 Å². The van der Waals surface area contributed by atoms with Gasteiger partial charge in [-0.3, -0.25) is 0 Å². The molecule has 0 fully saturated rings. The molecular weight excluding hydrogens is 420 g/mol. The van der Waals surface area contributed by atoms with Gasteiger partial charge in [0.2, 0.25) is 0 Å². The van der Waals surface area contributed by atoms with Gasteiger partial charge in [-0.05, 0) is 33.6 Å².